The molecule has 3 aromatic rings. The zero-order valence-electron chi connectivity index (χ0n) is 10.7. The quantitative estimate of drug-likeness (QED) is 0.795. The zero-order chi connectivity index (χ0) is 13.9. The highest BCUT2D eigenvalue weighted by atomic mass is 35.5. The van der Waals surface area contributed by atoms with Crippen LogP contribution >= 0.6 is 22.9 Å². The molecular weight excluding hydrogens is 292 g/mol. The van der Waals surface area contributed by atoms with E-state index in [0.717, 1.165) is 15.8 Å². The molecule has 1 aromatic carbocycles. The van der Waals surface area contributed by atoms with Gasteiger partial charge in [0.1, 0.15) is 0 Å². The van der Waals surface area contributed by atoms with Crippen molar-refractivity contribution >= 4 is 38.7 Å². The van der Waals surface area contributed by atoms with Gasteiger partial charge in [-0.3, -0.25) is 4.79 Å². The highest BCUT2D eigenvalue weighted by molar-refractivity contribution is 7.17. The number of hydrogen-bond acceptors (Lipinski definition) is 3. The number of nitrogens with zero attached hydrogens (tertiary/aromatic N) is 1. The maximum absolute atomic E-state index is 12.2. The second kappa shape index (κ2) is 5.69. The van der Waals surface area contributed by atoms with Crippen LogP contribution in [0.1, 0.15) is 0 Å². The molecule has 5 heteroatoms. The van der Waals surface area contributed by atoms with Gasteiger partial charge in [-0.05, 0) is 35.7 Å². The fourth-order valence-corrected chi connectivity index (χ4v) is 3.06. The number of thiophene rings is 1. The summed E-state index contributed by atoms with van der Waals surface area (Å²) in [5.74, 6) is 0. The Kier molecular flexibility index (Phi) is 3.76. The van der Waals surface area contributed by atoms with Gasteiger partial charge < -0.3 is 9.88 Å². The van der Waals surface area contributed by atoms with Crippen LogP contribution in [0.4, 0.5) is 5.69 Å². The summed E-state index contributed by atoms with van der Waals surface area (Å²) in [6, 6.07) is 11.4. The molecule has 0 bridgehead atoms. The molecule has 0 saturated heterocycles. The van der Waals surface area contributed by atoms with Crippen molar-refractivity contribution in [2.24, 2.45) is 0 Å². The van der Waals surface area contributed by atoms with Crippen molar-refractivity contribution in [3.05, 3.63) is 63.4 Å². The Hall–Kier alpha value is -1.78. The molecule has 0 radical (unpaired) electrons. The molecule has 0 aliphatic carbocycles. The number of pyridine rings is 1. The molecule has 1 N–H and O–H groups in total. The smallest absolute Gasteiger partial charge is 0.259 e. The van der Waals surface area contributed by atoms with E-state index in [4.69, 9.17) is 11.6 Å². The Balaban J connectivity index is 1.71. The van der Waals surface area contributed by atoms with Crippen LogP contribution in [0.3, 0.4) is 0 Å². The van der Waals surface area contributed by atoms with E-state index in [9.17, 15) is 4.79 Å². The van der Waals surface area contributed by atoms with Gasteiger partial charge in [0.05, 0.1) is 5.39 Å². The molecule has 0 aliphatic heterocycles. The first-order chi connectivity index (χ1) is 9.74. The van der Waals surface area contributed by atoms with E-state index in [2.05, 4.69) is 5.32 Å². The number of nitrogens with one attached hydrogen (secondary N) is 1. The minimum absolute atomic E-state index is 0.0663. The van der Waals surface area contributed by atoms with Crippen LogP contribution in [0.25, 0.3) is 10.1 Å². The highest BCUT2D eigenvalue weighted by Crippen LogP contribution is 2.16. The number of hydrogen-bond donors (Lipinski definition) is 1. The summed E-state index contributed by atoms with van der Waals surface area (Å²) in [7, 11) is 0. The fraction of sp³-hybridized carbons (Fsp3) is 0.133. The second-order valence-corrected chi connectivity index (χ2v) is 5.83. The van der Waals surface area contributed by atoms with Gasteiger partial charge in [0, 0.05) is 34.7 Å². The summed E-state index contributed by atoms with van der Waals surface area (Å²) >= 11 is 7.51. The van der Waals surface area contributed by atoms with E-state index in [0.29, 0.717) is 18.1 Å². The van der Waals surface area contributed by atoms with Gasteiger partial charge in [-0.15, -0.1) is 11.3 Å². The van der Waals surface area contributed by atoms with E-state index >= 15 is 0 Å². The SMILES string of the molecule is O=c1c2ccsc2ccn1CCNc1cccc(Cl)c1. The van der Waals surface area contributed by atoms with Gasteiger partial charge in [0.15, 0.2) is 0 Å². The first kappa shape index (κ1) is 13.2. The van der Waals surface area contributed by atoms with E-state index < -0.39 is 0 Å². The monoisotopic (exact) mass is 304 g/mol. The summed E-state index contributed by atoms with van der Waals surface area (Å²) in [6.45, 7) is 1.30. The number of halogens is 1. The van der Waals surface area contributed by atoms with Crippen molar-refractivity contribution in [1.29, 1.82) is 0 Å². The van der Waals surface area contributed by atoms with Crippen molar-refractivity contribution in [2.45, 2.75) is 6.54 Å². The zero-order valence-corrected chi connectivity index (χ0v) is 12.2. The fourth-order valence-electron chi connectivity index (χ4n) is 2.10. The van der Waals surface area contributed by atoms with Crippen LogP contribution in [0.15, 0.2) is 52.8 Å². The topological polar surface area (TPSA) is 34.0 Å². The number of rotatable bonds is 4. The third-order valence-electron chi connectivity index (χ3n) is 3.10. The Bertz CT molecular complexity index is 794. The first-order valence-corrected chi connectivity index (χ1v) is 7.56. The summed E-state index contributed by atoms with van der Waals surface area (Å²) < 4.78 is 2.76. The summed E-state index contributed by atoms with van der Waals surface area (Å²) in [5, 5.41) is 6.70. The minimum Gasteiger partial charge on any atom is -0.383 e. The Morgan fingerprint density at radius 2 is 2.15 bits per heavy atom. The minimum atomic E-state index is 0.0663. The van der Waals surface area contributed by atoms with Gasteiger partial charge in [-0.2, -0.15) is 0 Å². The van der Waals surface area contributed by atoms with Crippen molar-refractivity contribution in [3.8, 4) is 0 Å². The second-order valence-electron chi connectivity index (χ2n) is 4.45. The Labute approximate surface area is 125 Å². The van der Waals surface area contributed by atoms with E-state index in [1.54, 1.807) is 15.9 Å². The predicted octanol–water partition coefficient (Wildman–Crippen LogP) is 3.83. The Morgan fingerprint density at radius 3 is 3.00 bits per heavy atom. The number of anilines is 1. The molecule has 0 unspecified atom stereocenters. The molecule has 20 heavy (non-hydrogen) atoms. The van der Waals surface area contributed by atoms with Crippen LogP contribution < -0.4 is 10.9 Å². The normalized spacial score (nSPS) is 10.8. The third kappa shape index (κ3) is 2.71. The lowest BCUT2D eigenvalue weighted by Crippen LogP contribution is -2.22. The van der Waals surface area contributed by atoms with Crippen molar-refractivity contribution in [1.82, 2.24) is 4.57 Å². The summed E-state index contributed by atoms with van der Waals surface area (Å²) in [4.78, 5) is 12.2. The van der Waals surface area contributed by atoms with E-state index in [-0.39, 0.29) is 5.56 Å². The molecule has 0 atom stereocenters. The molecular formula is C15H13ClN2OS. The molecule has 102 valence electrons. The lowest BCUT2D eigenvalue weighted by atomic mass is 10.3. The number of benzene rings is 1. The van der Waals surface area contributed by atoms with Gasteiger partial charge in [-0.25, -0.2) is 0 Å². The van der Waals surface area contributed by atoms with E-state index in [1.165, 1.54) is 0 Å². The lowest BCUT2D eigenvalue weighted by Gasteiger charge is -2.09. The average Bonchev–Trinajstić information content (AvgIpc) is 2.91. The van der Waals surface area contributed by atoms with Crippen LogP contribution in [0.2, 0.25) is 5.02 Å². The van der Waals surface area contributed by atoms with E-state index in [1.807, 2.05) is 48.0 Å². The largest absolute Gasteiger partial charge is 0.383 e. The van der Waals surface area contributed by atoms with Gasteiger partial charge in [-0.1, -0.05) is 17.7 Å². The molecule has 3 nitrogen and oxygen atoms in total. The Morgan fingerprint density at radius 1 is 1.25 bits per heavy atom. The third-order valence-corrected chi connectivity index (χ3v) is 4.22. The molecule has 0 spiro atoms. The standard InChI is InChI=1S/C15H13ClN2OS/c16-11-2-1-3-12(10-11)17-6-8-18-7-4-14-13(15(18)19)5-9-20-14/h1-5,7,9-10,17H,6,8H2. The van der Waals surface area contributed by atoms with Crippen LogP contribution in [-0.4, -0.2) is 11.1 Å². The first-order valence-electron chi connectivity index (χ1n) is 6.30. The molecule has 0 saturated carbocycles. The number of fused-ring (bicyclic) bond motifs is 1. The maximum atomic E-state index is 12.2. The highest BCUT2D eigenvalue weighted by Gasteiger charge is 2.03. The molecule has 0 fully saturated rings. The van der Waals surface area contributed by atoms with Crippen molar-refractivity contribution in [2.75, 3.05) is 11.9 Å². The predicted molar refractivity (Wildman–Crippen MR) is 86.0 cm³/mol. The van der Waals surface area contributed by atoms with Gasteiger partial charge in [0.25, 0.3) is 5.56 Å². The average molecular weight is 305 g/mol. The lowest BCUT2D eigenvalue weighted by molar-refractivity contribution is 0.704. The van der Waals surface area contributed by atoms with Crippen LogP contribution in [-0.2, 0) is 6.54 Å². The summed E-state index contributed by atoms with van der Waals surface area (Å²) in [6.07, 6.45) is 1.85. The maximum Gasteiger partial charge on any atom is 0.259 e. The molecule has 2 aromatic heterocycles. The van der Waals surface area contributed by atoms with Crippen LogP contribution in [0.5, 0.6) is 0 Å². The van der Waals surface area contributed by atoms with Gasteiger partial charge >= 0.3 is 0 Å². The molecule has 2 heterocycles. The van der Waals surface area contributed by atoms with Gasteiger partial charge in [0.2, 0.25) is 0 Å². The summed E-state index contributed by atoms with van der Waals surface area (Å²) in [5.41, 5.74) is 1.03. The van der Waals surface area contributed by atoms with Crippen LogP contribution in [0, 0.1) is 0 Å². The molecule has 0 amide bonds. The molecule has 0 aliphatic rings. The van der Waals surface area contributed by atoms with Crippen molar-refractivity contribution < 1.29 is 0 Å². The number of aromatic nitrogens is 1. The van der Waals surface area contributed by atoms with Crippen molar-refractivity contribution in [3.63, 3.8) is 0 Å². The molecule has 3 rings (SSSR count).